The summed E-state index contributed by atoms with van der Waals surface area (Å²) in [5.41, 5.74) is 2.34. The molecule has 0 atom stereocenters. The van der Waals surface area contributed by atoms with Crippen LogP contribution in [0.1, 0.15) is 36.9 Å². The number of amides is 2. The van der Waals surface area contributed by atoms with E-state index in [0.29, 0.717) is 21.1 Å². The summed E-state index contributed by atoms with van der Waals surface area (Å²) in [6.45, 7) is 0. The Kier molecular flexibility index (Phi) is 4.96. The van der Waals surface area contributed by atoms with Crippen molar-refractivity contribution < 1.29 is 14.3 Å². The van der Waals surface area contributed by atoms with Crippen LogP contribution in [-0.4, -0.2) is 18.9 Å². The monoisotopic (exact) mass is 398 g/mol. The lowest BCUT2D eigenvalue weighted by Crippen LogP contribution is -2.17. The van der Waals surface area contributed by atoms with E-state index in [2.05, 4.69) is 10.6 Å². The molecule has 0 bridgehead atoms. The van der Waals surface area contributed by atoms with Crippen molar-refractivity contribution in [1.82, 2.24) is 0 Å². The lowest BCUT2D eigenvalue weighted by molar-refractivity contribution is 0.102. The van der Waals surface area contributed by atoms with Crippen molar-refractivity contribution in [2.75, 3.05) is 17.7 Å². The van der Waals surface area contributed by atoms with Gasteiger partial charge in [0.1, 0.15) is 10.8 Å². The summed E-state index contributed by atoms with van der Waals surface area (Å²) < 4.78 is 5.15. The first kappa shape index (κ1) is 17.8. The van der Waals surface area contributed by atoms with Gasteiger partial charge in [-0.05, 0) is 60.5 Å². The number of benzene rings is 1. The van der Waals surface area contributed by atoms with E-state index in [0.717, 1.165) is 30.6 Å². The highest BCUT2D eigenvalue weighted by molar-refractivity contribution is 7.17. The average Bonchev–Trinajstić information content (AvgIpc) is 3.39. The van der Waals surface area contributed by atoms with Gasteiger partial charge in [0.2, 0.25) is 0 Å². The molecule has 1 aromatic carbocycles. The summed E-state index contributed by atoms with van der Waals surface area (Å²) in [5.74, 6) is 0.359. The smallest absolute Gasteiger partial charge is 0.266 e. The van der Waals surface area contributed by atoms with E-state index >= 15 is 0 Å². The molecule has 1 aliphatic carbocycles. The zero-order valence-corrected chi connectivity index (χ0v) is 16.3. The molecule has 138 valence electrons. The van der Waals surface area contributed by atoms with Crippen molar-refractivity contribution in [2.45, 2.75) is 19.3 Å². The van der Waals surface area contributed by atoms with Crippen molar-refractivity contribution in [3.63, 3.8) is 0 Å². The van der Waals surface area contributed by atoms with E-state index in [4.69, 9.17) is 4.74 Å². The predicted molar refractivity (Wildman–Crippen MR) is 110 cm³/mol. The number of carbonyl (C=O) groups is 2. The number of ether oxygens (including phenoxy) is 1. The molecule has 2 amide bonds. The first-order valence-electron chi connectivity index (χ1n) is 8.60. The van der Waals surface area contributed by atoms with Crippen LogP contribution in [0.2, 0.25) is 0 Å². The van der Waals surface area contributed by atoms with Gasteiger partial charge in [-0.3, -0.25) is 9.59 Å². The molecule has 4 rings (SSSR count). The second-order valence-corrected chi connectivity index (χ2v) is 8.23. The van der Waals surface area contributed by atoms with Crippen LogP contribution in [0.25, 0.3) is 0 Å². The topological polar surface area (TPSA) is 67.4 Å². The Labute approximate surface area is 165 Å². The Morgan fingerprint density at radius 1 is 1.04 bits per heavy atom. The Morgan fingerprint density at radius 2 is 1.85 bits per heavy atom. The van der Waals surface area contributed by atoms with Gasteiger partial charge in [0, 0.05) is 10.6 Å². The first-order chi connectivity index (χ1) is 13.2. The van der Waals surface area contributed by atoms with Gasteiger partial charge in [0.05, 0.1) is 17.6 Å². The van der Waals surface area contributed by atoms with E-state index < -0.39 is 0 Å². The summed E-state index contributed by atoms with van der Waals surface area (Å²) in [6, 6.07) is 10.8. The third kappa shape index (κ3) is 3.61. The highest BCUT2D eigenvalue weighted by Crippen LogP contribution is 2.39. The molecule has 0 aliphatic heterocycles. The predicted octanol–water partition coefficient (Wildman–Crippen LogP) is 4.81. The Hall–Kier alpha value is -2.64. The quantitative estimate of drug-likeness (QED) is 0.648. The number of methoxy groups -OCH3 is 1. The molecule has 27 heavy (non-hydrogen) atoms. The maximum Gasteiger partial charge on any atom is 0.266 e. The summed E-state index contributed by atoms with van der Waals surface area (Å²) in [6.07, 6.45) is 2.87. The van der Waals surface area contributed by atoms with E-state index in [1.807, 2.05) is 11.4 Å². The molecule has 5 nitrogen and oxygen atoms in total. The minimum absolute atomic E-state index is 0.177. The van der Waals surface area contributed by atoms with Crippen LogP contribution in [0, 0.1) is 0 Å². The molecule has 0 saturated carbocycles. The van der Waals surface area contributed by atoms with E-state index in [-0.39, 0.29) is 11.8 Å². The van der Waals surface area contributed by atoms with Crippen molar-refractivity contribution in [2.24, 2.45) is 0 Å². The van der Waals surface area contributed by atoms with Crippen molar-refractivity contribution >= 4 is 45.2 Å². The lowest BCUT2D eigenvalue weighted by atomic mass is 10.1. The second kappa shape index (κ2) is 7.54. The van der Waals surface area contributed by atoms with Crippen LogP contribution >= 0.6 is 22.7 Å². The van der Waals surface area contributed by atoms with Crippen molar-refractivity contribution in [3.8, 4) is 5.75 Å². The first-order valence-corrected chi connectivity index (χ1v) is 10.3. The summed E-state index contributed by atoms with van der Waals surface area (Å²) >= 11 is 2.89. The highest BCUT2D eigenvalue weighted by atomic mass is 32.1. The van der Waals surface area contributed by atoms with Crippen molar-refractivity contribution in [3.05, 3.63) is 62.7 Å². The van der Waals surface area contributed by atoms with E-state index in [9.17, 15) is 9.59 Å². The fourth-order valence-corrected chi connectivity index (χ4v) is 5.07. The number of thiophene rings is 2. The zero-order chi connectivity index (χ0) is 18.8. The van der Waals surface area contributed by atoms with Crippen LogP contribution in [-0.2, 0) is 12.8 Å². The molecule has 7 heteroatoms. The number of hydrogen-bond acceptors (Lipinski definition) is 5. The normalized spacial score (nSPS) is 12.5. The number of anilines is 2. The molecule has 0 spiro atoms. The fraction of sp³-hybridized carbons (Fsp3) is 0.200. The molecule has 1 aliphatic rings. The number of hydrogen-bond donors (Lipinski definition) is 2. The van der Waals surface area contributed by atoms with Gasteiger partial charge < -0.3 is 15.4 Å². The molecule has 0 fully saturated rings. The molecule has 2 heterocycles. The van der Waals surface area contributed by atoms with Gasteiger partial charge in [-0.15, -0.1) is 22.7 Å². The van der Waals surface area contributed by atoms with E-state index in [1.165, 1.54) is 27.6 Å². The van der Waals surface area contributed by atoms with Crippen molar-refractivity contribution in [1.29, 1.82) is 0 Å². The van der Waals surface area contributed by atoms with Gasteiger partial charge in [-0.1, -0.05) is 6.07 Å². The zero-order valence-electron chi connectivity index (χ0n) is 14.7. The number of rotatable bonds is 5. The summed E-state index contributed by atoms with van der Waals surface area (Å²) in [5, 5.41) is 8.36. The molecular weight excluding hydrogens is 380 g/mol. The molecule has 0 radical (unpaired) electrons. The van der Waals surface area contributed by atoms with Gasteiger partial charge in [-0.25, -0.2) is 0 Å². The standard InChI is InChI=1S/C20H18N2O3S2/c1-25-13-9-7-12(8-10-13)21-19(24)17-14-4-2-5-15(14)27-20(17)22-18(23)16-6-3-11-26-16/h3,6-11H,2,4-5H2,1H3,(H,21,24)(H,22,23). The fourth-order valence-electron chi connectivity index (χ4n) is 3.17. The number of fused-ring (bicyclic) bond motifs is 1. The third-order valence-corrected chi connectivity index (χ3v) is 6.54. The van der Waals surface area contributed by atoms with Crippen LogP contribution < -0.4 is 15.4 Å². The summed E-state index contributed by atoms with van der Waals surface area (Å²) in [7, 11) is 1.60. The molecule has 0 unspecified atom stereocenters. The maximum atomic E-state index is 13.0. The minimum Gasteiger partial charge on any atom is -0.497 e. The number of carbonyl (C=O) groups excluding carboxylic acids is 2. The molecule has 2 aromatic heterocycles. The summed E-state index contributed by atoms with van der Waals surface area (Å²) in [4.78, 5) is 27.3. The van der Waals surface area contributed by atoms with E-state index in [1.54, 1.807) is 37.4 Å². The number of aryl methyl sites for hydroxylation is 1. The minimum atomic E-state index is -0.193. The molecule has 3 aromatic rings. The van der Waals surface area contributed by atoms with Gasteiger partial charge >= 0.3 is 0 Å². The van der Waals surface area contributed by atoms with Crippen LogP contribution in [0.4, 0.5) is 10.7 Å². The molecular formula is C20H18N2O3S2. The van der Waals surface area contributed by atoms with Crippen LogP contribution in [0.5, 0.6) is 5.75 Å². The second-order valence-electron chi connectivity index (χ2n) is 6.18. The maximum absolute atomic E-state index is 13.0. The number of nitrogens with one attached hydrogen (secondary N) is 2. The van der Waals surface area contributed by atoms with Crippen LogP contribution in [0.3, 0.4) is 0 Å². The largest absolute Gasteiger partial charge is 0.497 e. The Balaban J connectivity index is 1.60. The Bertz CT molecular complexity index is 976. The molecule has 0 saturated heterocycles. The van der Waals surface area contributed by atoms with Crippen LogP contribution in [0.15, 0.2) is 41.8 Å². The lowest BCUT2D eigenvalue weighted by Gasteiger charge is -2.10. The SMILES string of the molecule is COc1ccc(NC(=O)c2c(NC(=O)c3cccs3)sc3c2CCC3)cc1. The van der Waals surface area contributed by atoms with Gasteiger partial charge in [0.15, 0.2) is 0 Å². The van der Waals surface area contributed by atoms with Gasteiger partial charge in [0.25, 0.3) is 11.8 Å². The third-order valence-electron chi connectivity index (χ3n) is 4.47. The van der Waals surface area contributed by atoms with Gasteiger partial charge in [-0.2, -0.15) is 0 Å². The molecule has 2 N–H and O–H groups in total. The average molecular weight is 399 g/mol. The Morgan fingerprint density at radius 3 is 2.56 bits per heavy atom. The highest BCUT2D eigenvalue weighted by Gasteiger charge is 2.27.